The number of aliphatic hydroxyl groups is 1. The molecule has 2 aromatic carbocycles. The molecular formula is C23H26N4O2. The first-order valence-corrected chi connectivity index (χ1v) is 10.1. The summed E-state index contributed by atoms with van der Waals surface area (Å²) < 4.78 is 0. The van der Waals surface area contributed by atoms with Crippen LogP contribution in [0.15, 0.2) is 60.8 Å². The smallest absolute Gasteiger partial charge is 0.254 e. The van der Waals surface area contributed by atoms with E-state index in [0.29, 0.717) is 12.1 Å². The number of nitrogens with one attached hydrogen (secondary N) is 1. The molecule has 0 bridgehead atoms. The number of nitrogens with zero attached hydrogens (tertiary/aromatic N) is 3. The third-order valence-corrected chi connectivity index (χ3v) is 5.92. The van der Waals surface area contributed by atoms with Gasteiger partial charge in [0.15, 0.2) is 0 Å². The van der Waals surface area contributed by atoms with E-state index in [1.54, 1.807) is 6.20 Å². The minimum atomic E-state index is -0.504. The highest BCUT2D eigenvalue weighted by Crippen LogP contribution is 2.35. The molecule has 0 spiro atoms. The van der Waals surface area contributed by atoms with Gasteiger partial charge in [0.2, 0.25) is 0 Å². The van der Waals surface area contributed by atoms with E-state index < -0.39 is 5.54 Å². The van der Waals surface area contributed by atoms with Crippen LogP contribution in [0, 0.1) is 0 Å². The van der Waals surface area contributed by atoms with E-state index in [2.05, 4.69) is 15.4 Å². The summed E-state index contributed by atoms with van der Waals surface area (Å²) in [4.78, 5) is 15.5. The Morgan fingerprint density at radius 2 is 1.76 bits per heavy atom. The molecule has 1 fully saturated rings. The predicted molar refractivity (Wildman–Crippen MR) is 111 cm³/mol. The Balaban J connectivity index is 1.65. The number of rotatable bonds is 6. The Bertz CT molecular complexity index is 917. The molecule has 0 atom stereocenters. The van der Waals surface area contributed by atoms with Gasteiger partial charge in [0, 0.05) is 17.7 Å². The lowest BCUT2D eigenvalue weighted by Gasteiger charge is -2.45. The van der Waals surface area contributed by atoms with Crippen molar-refractivity contribution in [1.82, 2.24) is 20.3 Å². The lowest BCUT2D eigenvalue weighted by molar-refractivity contribution is 0.00107. The second-order valence-electron chi connectivity index (χ2n) is 7.75. The molecule has 29 heavy (non-hydrogen) atoms. The molecule has 150 valence electrons. The van der Waals surface area contributed by atoms with Gasteiger partial charge in [0.25, 0.3) is 5.91 Å². The van der Waals surface area contributed by atoms with Gasteiger partial charge in [-0.25, -0.2) is 0 Å². The molecule has 0 saturated heterocycles. The summed E-state index contributed by atoms with van der Waals surface area (Å²) in [5.41, 5.74) is 2.82. The summed E-state index contributed by atoms with van der Waals surface area (Å²) in [6.07, 6.45) is 6.54. The molecule has 1 amide bonds. The summed E-state index contributed by atoms with van der Waals surface area (Å²) in [6, 6.07) is 17.4. The van der Waals surface area contributed by atoms with E-state index in [0.717, 1.165) is 48.9 Å². The number of carbonyl (C=O) groups is 1. The van der Waals surface area contributed by atoms with Crippen LogP contribution in [0.2, 0.25) is 0 Å². The highest BCUT2D eigenvalue weighted by atomic mass is 16.3. The second kappa shape index (κ2) is 8.57. The van der Waals surface area contributed by atoms with Crippen LogP contribution in [-0.2, 0) is 6.54 Å². The highest BCUT2D eigenvalue weighted by Gasteiger charge is 2.40. The number of hydrogen-bond donors (Lipinski definition) is 2. The fraction of sp³-hybridized carbons (Fsp3) is 0.348. The van der Waals surface area contributed by atoms with Crippen LogP contribution < -0.4 is 0 Å². The van der Waals surface area contributed by atoms with Crippen LogP contribution in [-0.4, -0.2) is 43.5 Å². The van der Waals surface area contributed by atoms with Gasteiger partial charge in [-0.05, 0) is 30.5 Å². The van der Waals surface area contributed by atoms with Gasteiger partial charge in [0.1, 0.15) is 5.69 Å². The Morgan fingerprint density at radius 1 is 1.03 bits per heavy atom. The van der Waals surface area contributed by atoms with Gasteiger partial charge in [-0.15, -0.1) is 0 Å². The van der Waals surface area contributed by atoms with E-state index in [9.17, 15) is 9.90 Å². The zero-order valence-corrected chi connectivity index (χ0v) is 16.4. The molecule has 4 rings (SSSR count). The van der Waals surface area contributed by atoms with Crippen molar-refractivity contribution in [3.63, 3.8) is 0 Å². The molecule has 0 aliphatic heterocycles. The van der Waals surface area contributed by atoms with Crippen LogP contribution >= 0.6 is 0 Å². The largest absolute Gasteiger partial charge is 0.394 e. The third kappa shape index (κ3) is 4.07. The third-order valence-electron chi connectivity index (χ3n) is 5.92. The van der Waals surface area contributed by atoms with E-state index in [4.69, 9.17) is 0 Å². The first-order chi connectivity index (χ1) is 14.2. The van der Waals surface area contributed by atoms with E-state index in [-0.39, 0.29) is 12.5 Å². The minimum absolute atomic E-state index is 0.0113. The van der Waals surface area contributed by atoms with Crippen molar-refractivity contribution in [3.8, 4) is 11.3 Å². The number of H-pyrrole nitrogens is 1. The number of carbonyl (C=O) groups excluding carboxylic acids is 1. The van der Waals surface area contributed by atoms with Crippen molar-refractivity contribution in [2.24, 2.45) is 0 Å². The van der Waals surface area contributed by atoms with Gasteiger partial charge < -0.3 is 10.0 Å². The number of aromatic nitrogens is 3. The molecule has 1 saturated carbocycles. The van der Waals surface area contributed by atoms with Gasteiger partial charge >= 0.3 is 0 Å². The predicted octanol–water partition coefficient (Wildman–Crippen LogP) is 3.81. The van der Waals surface area contributed by atoms with Crippen LogP contribution in [0.1, 0.15) is 48.0 Å². The average Bonchev–Trinajstić information content (AvgIpc) is 3.33. The summed E-state index contributed by atoms with van der Waals surface area (Å²) >= 11 is 0. The lowest BCUT2D eigenvalue weighted by Crippen LogP contribution is -2.55. The Morgan fingerprint density at radius 3 is 2.38 bits per heavy atom. The molecule has 6 nitrogen and oxygen atoms in total. The summed E-state index contributed by atoms with van der Waals surface area (Å²) in [5, 5.41) is 20.9. The highest BCUT2D eigenvalue weighted by molar-refractivity contribution is 5.95. The Hall–Kier alpha value is -2.99. The quantitative estimate of drug-likeness (QED) is 0.671. The maximum Gasteiger partial charge on any atom is 0.254 e. The zero-order chi connectivity index (χ0) is 20.1. The standard InChI is InChI=1S/C23H26N4O2/c28-17-23(13-5-2-6-14-23)27(16-18-7-3-1-4-8-18)22(29)20-11-9-19(10-12-20)21-15-24-26-25-21/h1,3-4,7-12,15,28H,2,5-6,13-14,16-17H2,(H,24,25,26). The van der Waals surface area contributed by atoms with Crippen molar-refractivity contribution in [1.29, 1.82) is 0 Å². The SMILES string of the molecule is O=C(c1ccc(-c2cn[nH]n2)cc1)N(Cc1ccccc1)C1(CO)CCCCC1. The first-order valence-electron chi connectivity index (χ1n) is 10.1. The maximum absolute atomic E-state index is 13.6. The number of amides is 1. The number of hydrogen-bond acceptors (Lipinski definition) is 4. The van der Waals surface area contributed by atoms with Crippen molar-refractivity contribution in [3.05, 3.63) is 71.9 Å². The Kier molecular flexibility index (Phi) is 5.71. The van der Waals surface area contributed by atoms with Gasteiger partial charge in [-0.1, -0.05) is 61.7 Å². The van der Waals surface area contributed by atoms with Gasteiger partial charge in [0.05, 0.1) is 18.3 Å². The molecule has 1 aliphatic rings. The topological polar surface area (TPSA) is 82.1 Å². The van der Waals surface area contributed by atoms with Crippen molar-refractivity contribution < 1.29 is 9.90 Å². The summed E-state index contributed by atoms with van der Waals surface area (Å²) in [5.74, 6) is -0.0449. The van der Waals surface area contributed by atoms with Gasteiger partial charge in [-0.3, -0.25) is 4.79 Å². The fourth-order valence-corrected chi connectivity index (χ4v) is 4.22. The van der Waals surface area contributed by atoms with Crippen LogP contribution in [0.25, 0.3) is 11.3 Å². The number of benzene rings is 2. The average molecular weight is 390 g/mol. The second-order valence-corrected chi connectivity index (χ2v) is 7.75. The maximum atomic E-state index is 13.6. The van der Waals surface area contributed by atoms with Crippen LogP contribution in [0.4, 0.5) is 0 Å². The summed E-state index contributed by atoms with van der Waals surface area (Å²) in [6.45, 7) is 0.480. The van der Waals surface area contributed by atoms with Gasteiger partial charge in [-0.2, -0.15) is 15.4 Å². The first kappa shape index (κ1) is 19.3. The fourth-order valence-electron chi connectivity index (χ4n) is 4.22. The molecule has 3 aromatic rings. The molecule has 1 heterocycles. The van der Waals surface area contributed by atoms with Crippen molar-refractivity contribution >= 4 is 5.91 Å². The molecular weight excluding hydrogens is 364 g/mol. The van der Waals surface area contributed by atoms with E-state index in [1.807, 2.05) is 59.5 Å². The van der Waals surface area contributed by atoms with Crippen LogP contribution in [0.3, 0.4) is 0 Å². The normalized spacial score (nSPS) is 15.8. The van der Waals surface area contributed by atoms with E-state index in [1.165, 1.54) is 0 Å². The molecule has 1 aromatic heterocycles. The molecule has 0 radical (unpaired) electrons. The molecule has 2 N–H and O–H groups in total. The molecule has 6 heteroatoms. The number of aliphatic hydroxyl groups excluding tert-OH is 1. The van der Waals surface area contributed by atoms with Crippen molar-refractivity contribution in [2.45, 2.75) is 44.2 Å². The number of aromatic amines is 1. The Labute approximate surface area is 170 Å². The molecule has 0 unspecified atom stereocenters. The summed E-state index contributed by atoms with van der Waals surface area (Å²) in [7, 11) is 0. The monoisotopic (exact) mass is 390 g/mol. The minimum Gasteiger partial charge on any atom is -0.394 e. The van der Waals surface area contributed by atoms with Crippen molar-refractivity contribution in [2.75, 3.05) is 6.61 Å². The van der Waals surface area contributed by atoms with E-state index >= 15 is 0 Å². The molecule has 1 aliphatic carbocycles. The van der Waals surface area contributed by atoms with Crippen LogP contribution in [0.5, 0.6) is 0 Å². The lowest BCUT2D eigenvalue weighted by atomic mass is 9.80. The zero-order valence-electron chi connectivity index (χ0n) is 16.4.